The van der Waals surface area contributed by atoms with E-state index in [0.717, 1.165) is 18.4 Å². The van der Waals surface area contributed by atoms with Gasteiger partial charge in [0, 0.05) is 0 Å². The second-order valence-corrected chi connectivity index (χ2v) is 5.70. The largest absolute Gasteiger partial charge is 0.326 e. The highest BCUT2D eigenvalue weighted by Gasteiger charge is 2.48. The van der Waals surface area contributed by atoms with Crippen LogP contribution in [0.4, 0.5) is 17.6 Å². The zero-order chi connectivity index (χ0) is 15.5. The lowest BCUT2D eigenvalue weighted by molar-refractivity contribution is -0.150. The maximum Gasteiger partial charge on any atom is 0.326 e. The second kappa shape index (κ2) is 6.77. The van der Waals surface area contributed by atoms with Crippen molar-refractivity contribution in [3.05, 3.63) is 35.4 Å². The molecular weight excluding hydrogens is 282 g/mol. The number of hydrogen-bond donors (Lipinski definition) is 1. The number of hydrogen-bond acceptors (Lipinski definition) is 1. The number of halogens is 4. The fourth-order valence-electron chi connectivity index (χ4n) is 3.10. The lowest BCUT2D eigenvalue weighted by atomic mass is 9.83. The van der Waals surface area contributed by atoms with E-state index >= 15 is 0 Å². The fourth-order valence-corrected chi connectivity index (χ4v) is 3.10. The summed E-state index contributed by atoms with van der Waals surface area (Å²) >= 11 is 0. The Morgan fingerprint density at radius 3 is 2.10 bits per heavy atom. The number of nitrogens with one attached hydrogen (secondary N) is 1. The highest BCUT2D eigenvalue weighted by molar-refractivity contribution is 5.29. The van der Waals surface area contributed by atoms with Gasteiger partial charge in [-0.2, -0.15) is 8.78 Å². The number of alkyl halides is 4. The zero-order valence-corrected chi connectivity index (χ0v) is 12.1. The summed E-state index contributed by atoms with van der Waals surface area (Å²) in [5, 5.41) is 2.31. The minimum atomic E-state index is -4.08. The van der Waals surface area contributed by atoms with Crippen LogP contribution < -0.4 is 5.32 Å². The Labute approximate surface area is 122 Å². The van der Waals surface area contributed by atoms with Gasteiger partial charge >= 0.3 is 12.3 Å². The molecule has 0 aromatic heterocycles. The molecule has 118 valence electrons. The molecule has 1 N–H and O–H groups in total. The average Bonchev–Trinajstić information content (AvgIpc) is 2.49. The van der Waals surface area contributed by atoms with Crippen molar-refractivity contribution in [2.45, 2.75) is 56.4 Å². The Bertz CT molecular complexity index is 438. The molecule has 2 rings (SSSR count). The van der Waals surface area contributed by atoms with Crippen LogP contribution in [0.3, 0.4) is 0 Å². The minimum Gasteiger partial charge on any atom is -0.308 e. The average molecular weight is 303 g/mol. The Kier molecular flexibility index (Phi) is 5.25. The summed E-state index contributed by atoms with van der Waals surface area (Å²) in [6.45, 7) is 0. The number of rotatable bonds is 5. The summed E-state index contributed by atoms with van der Waals surface area (Å²) in [5.41, 5.74) is 1.32. The van der Waals surface area contributed by atoms with Crippen molar-refractivity contribution in [2.75, 3.05) is 7.05 Å². The van der Waals surface area contributed by atoms with Crippen LogP contribution in [-0.4, -0.2) is 19.4 Å². The van der Waals surface area contributed by atoms with Gasteiger partial charge in [-0.25, -0.2) is 8.78 Å². The van der Waals surface area contributed by atoms with Crippen LogP contribution in [0.1, 0.15) is 55.2 Å². The van der Waals surface area contributed by atoms with E-state index in [4.69, 9.17) is 0 Å². The molecule has 1 nitrogen and oxygen atoms in total. The summed E-state index contributed by atoms with van der Waals surface area (Å²) in [7, 11) is 1.27. The Hall–Kier alpha value is -1.10. The molecule has 0 saturated heterocycles. The molecule has 0 bridgehead atoms. The highest BCUT2D eigenvalue weighted by Crippen LogP contribution is 2.38. The van der Waals surface area contributed by atoms with Gasteiger partial charge in [0.05, 0.1) is 0 Å². The summed E-state index contributed by atoms with van der Waals surface area (Å²) in [6, 6.07) is 5.02. The van der Waals surface area contributed by atoms with Gasteiger partial charge in [0.15, 0.2) is 0 Å². The van der Waals surface area contributed by atoms with Crippen molar-refractivity contribution in [3.8, 4) is 0 Å². The monoisotopic (exact) mass is 303 g/mol. The number of benzene rings is 1. The first kappa shape index (κ1) is 16.3. The molecule has 1 aromatic carbocycles. The van der Waals surface area contributed by atoms with E-state index in [0.29, 0.717) is 5.92 Å². The van der Waals surface area contributed by atoms with E-state index in [1.54, 1.807) is 24.3 Å². The van der Waals surface area contributed by atoms with Crippen molar-refractivity contribution in [1.82, 2.24) is 5.32 Å². The molecule has 1 aliphatic rings. The smallest absolute Gasteiger partial charge is 0.308 e. The van der Waals surface area contributed by atoms with Gasteiger partial charge < -0.3 is 5.32 Å². The van der Waals surface area contributed by atoms with Crippen molar-refractivity contribution < 1.29 is 17.6 Å². The zero-order valence-electron chi connectivity index (χ0n) is 12.1. The summed E-state index contributed by atoms with van der Waals surface area (Å²) < 4.78 is 52.1. The summed E-state index contributed by atoms with van der Waals surface area (Å²) in [5.74, 6) is -3.61. The fraction of sp³-hybridized carbons (Fsp3) is 0.625. The molecule has 21 heavy (non-hydrogen) atoms. The second-order valence-electron chi connectivity index (χ2n) is 5.70. The molecule has 1 saturated carbocycles. The van der Waals surface area contributed by atoms with Crippen LogP contribution in [0.5, 0.6) is 0 Å². The van der Waals surface area contributed by atoms with E-state index in [1.165, 1.54) is 26.3 Å². The highest BCUT2D eigenvalue weighted by atomic mass is 19.3. The normalized spacial score (nSPS) is 19.0. The molecule has 1 atom stereocenters. The molecule has 0 aliphatic heterocycles. The van der Waals surface area contributed by atoms with Crippen LogP contribution in [-0.2, 0) is 0 Å². The molecule has 0 amide bonds. The standard InChI is InChI=1S/C16H21F4N/c1-21-14(16(19,20)15(17)18)13-9-7-12(8-10-13)11-5-3-2-4-6-11/h7-11,14-15,21H,2-6H2,1H3. The van der Waals surface area contributed by atoms with Crippen molar-refractivity contribution >= 4 is 0 Å². The third-order valence-corrected chi connectivity index (χ3v) is 4.31. The van der Waals surface area contributed by atoms with Gasteiger partial charge in [0.1, 0.15) is 6.04 Å². The van der Waals surface area contributed by atoms with E-state index in [1.807, 2.05) is 0 Å². The molecule has 0 heterocycles. The summed E-state index contributed by atoms with van der Waals surface area (Å²) in [6.07, 6.45) is 2.17. The third kappa shape index (κ3) is 3.57. The van der Waals surface area contributed by atoms with Crippen LogP contribution in [0, 0.1) is 0 Å². The predicted molar refractivity (Wildman–Crippen MR) is 75.0 cm³/mol. The predicted octanol–water partition coefficient (Wildman–Crippen LogP) is 4.90. The van der Waals surface area contributed by atoms with Gasteiger partial charge in [-0.3, -0.25) is 0 Å². The van der Waals surface area contributed by atoms with Crippen LogP contribution in [0.25, 0.3) is 0 Å². The van der Waals surface area contributed by atoms with Crippen LogP contribution in [0.2, 0.25) is 0 Å². The molecule has 1 aliphatic carbocycles. The van der Waals surface area contributed by atoms with Crippen molar-refractivity contribution in [3.63, 3.8) is 0 Å². The third-order valence-electron chi connectivity index (χ3n) is 4.31. The van der Waals surface area contributed by atoms with E-state index < -0.39 is 18.4 Å². The van der Waals surface area contributed by atoms with Crippen LogP contribution in [0.15, 0.2) is 24.3 Å². The first-order valence-corrected chi connectivity index (χ1v) is 7.40. The van der Waals surface area contributed by atoms with E-state index in [-0.39, 0.29) is 5.56 Å². The molecule has 1 fully saturated rings. The quantitative estimate of drug-likeness (QED) is 0.763. The Morgan fingerprint density at radius 2 is 1.62 bits per heavy atom. The van der Waals surface area contributed by atoms with Gasteiger partial charge in [0.2, 0.25) is 0 Å². The minimum absolute atomic E-state index is 0.197. The van der Waals surface area contributed by atoms with Gasteiger partial charge in [-0.1, -0.05) is 43.5 Å². The Morgan fingerprint density at radius 1 is 1.05 bits per heavy atom. The van der Waals surface area contributed by atoms with E-state index in [9.17, 15) is 17.6 Å². The lowest BCUT2D eigenvalue weighted by Gasteiger charge is -2.27. The molecule has 0 spiro atoms. The molecular formula is C16H21F4N. The maximum absolute atomic E-state index is 13.5. The van der Waals surface area contributed by atoms with Crippen LogP contribution >= 0.6 is 0 Å². The van der Waals surface area contributed by atoms with Gasteiger partial charge in [-0.05, 0) is 36.9 Å². The summed E-state index contributed by atoms with van der Waals surface area (Å²) in [4.78, 5) is 0. The van der Waals surface area contributed by atoms with Crippen molar-refractivity contribution in [2.24, 2.45) is 0 Å². The first-order chi connectivity index (χ1) is 9.96. The maximum atomic E-state index is 13.5. The SMILES string of the molecule is CNC(c1ccc(C2CCCCC2)cc1)C(F)(F)C(F)F. The molecule has 1 unspecified atom stereocenters. The van der Waals surface area contributed by atoms with Gasteiger partial charge in [-0.15, -0.1) is 0 Å². The first-order valence-electron chi connectivity index (χ1n) is 7.40. The molecule has 0 radical (unpaired) electrons. The Balaban J connectivity index is 2.16. The van der Waals surface area contributed by atoms with E-state index in [2.05, 4.69) is 5.32 Å². The topological polar surface area (TPSA) is 12.0 Å². The molecule has 5 heteroatoms. The molecule has 1 aromatic rings. The lowest BCUT2D eigenvalue weighted by Crippen LogP contribution is -2.41. The van der Waals surface area contributed by atoms with Gasteiger partial charge in [0.25, 0.3) is 0 Å². The van der Waals surface area contributed by atoms with Crippen molar-refractivity contribution in [1.29, 1.82) is 0 Å².